The Morgan fingerprint density at radius 2 is 2.38 bits per heavy atom. The third-order valence-corrected chi connectivity index (χ3v) is 2.28. The van der Waals surface area contributed by atoms with E-state index in [0.29, 0.717) is 18.5 Å². The summed E-state index contributed by atoms with van der Waals surface area (Å²) in [5, 5.41) is 8.50. The van der Waals surface area contributed by atoms with Gasteiger partial charge in [-0.1, -0.05) is 0 Å². The van der Waals surface area contributed by atoms with Crippen LogP contribution >= 0.6 is 0 Å². The van der Waals surface area contributed by atoms with Crippen LogP contribution in [0.25, 0.3) is 5.65 Å². The molecular weight excluding hydrogens is 210 g/mol. The molecule has 16 heavy (non-hydrogen) atoms. The Bertz CT molecular complexity index is 570. The van der Waals surface area contributed by atoms with Crippen LogP contribution in [-0.4, -0.2) is 25.4 Å². The van der Waals surface area contributed by atoms with Gasteiger partial charge in [0.25, 0.3) is 5.56 Å². The Morgan fingerprint density at radius 3 is 3.12 bits per heavy atom. The van der Waals surface area contributed by atoms with E-state index in [1.807, 2.05) is 0 Å². The number of aromatic amines is 1. The van der Waals surface area contributed by atoms with E-state index in [4.69, 9.17) is 5.11 Å². The van der Waals surface area contributed by atoms with Crippen molar-refractivity contribution < 1.29 is 9.90 Å². The largest absolute Gasteiger partial charge is 0.481 e. The third kappa shape index (κ3) is 2.10. The van der Waals surface area contributed by atoms with E-state index in [1.165, 1.54) is 0 Å². The van der Waals surface area contributed by atoms with Crippen molar-refractivity contribution in [2.24, 2.45) is 0 Å². The Kier molecular flexibility index (Phi) is 2.72. The zero-order valence-electron chi connectivity index (χ0n) is 8.51. The molecule has 2 rings (SSSR count). The molecule has 0 aromatic carbocycles. The second-order valence-corrected chi connectivity index (χ2v) is 3.51. The van der Waals surface area contributed by atoms with Gasteiger partial charge < -0.3 is 14.5 Å². The first-order valence-corrected chi connectivity index (χ1v) is 4.93. The number of carboxylic acid groups (broad SMARTS) is 1. The van der Waals surface area contributed by atoms with Gasteiger partial charge in [0.2, 0.25) is 5.65 Å². The molecule has 0 saturated carbocycles. The van der Waals surface area contributed by atoms with Crippen LogP contribution in [0.3, 0.4) is 0 Å². The highest BCUT2D eigenvalue weighted by atomic mass is 16.4. The topological polar surface area (TPSA) is 87.5 Å². The fourth-order valence-corrected chi connectivity index (χ4v) is 1.55. The average Bonchev–Trinajstić information content (AvgIpc) is 2.65. The highest BCUT2D eigenvalue weighted by Crippen LogP contribution is 2.01. The Morgan fingerprint density at radius 1 is 1.56 bits per heavy atom. The molecule has 2 N–H and O–H groups in total. The fourth-order valence-electron chi connectivity index (χ4n) is 1.55. The van der Waals surface area contributed by atoms with Crippen molar-refractivity contribution in [1.29, 1.82) is 0 Å². The SMILES string of the molecule is O=C(O)CCCc1cn2ccnc2c(=O)[nH]1. The predicted molar refractivity (Wildman–Crippen MR) is 56.4 cm³/mol. The predicted octanol–water partition coefficient (Wildman–Crippen LogP) is 0.430. The Labute approximate surface area is 90.6 Å². The number of carboxylic acids is 1. The molecule has 0 bridgehead atoms. The summed E-state index contributed by atoms with van der Waals surface area (Å²) >= 11 is 0. The number of aliphatic carboxylic acids is 1. The molecule has 6 heteroatoms. The molecule has 6 nitrogen and oxygen atoms in total. The zero-order chi connectivity index (χ0) is 11.5. The van der Waals surface area contributed by atoms with Gasteiger partial charge in [0.15, 0.2) is 0 Å². The van der Waals surface area contributed by atoms with Gasteiger partial charge in [-0.05, 0) is 12.8 Å². The van der Waals surface area contributed by atoms with E-state index < -0.39 is 5.97 Å². The maximum Gasteiger partial charge on any atom is 0.303 e. The van der Waals surface area contributed by atoms with Crippen molar-refractivity contribution in [1.82, 2.24) is 14.4 Å². The smallest absolute Gasteiger partial charge is 0.303 e. The highest BCUT2D eigenvalue weighted by molar-refractivity contribution is 5.66. The van der Waals surface area contributed by atoms with Crippen molar-refractivity contribution in [3.63, 3.8) is 0 Å². The van der Waals surface area contributed by atoms with Crippen LogP contribution in [0, 0.1) is 0 Å². The first-order valence-electron chi connectivity index (χ1n) is 4.93. The molecule has 2 heterocycles. The first kappa shape index (κ1) is 10.4. The monoisotopic (exact) mass is 221 g/mol. The minimum Gasteiger partial charge on any atom is -0.481 e. The molecule has 84 valence electrons. The minimum absolute atomic E-state index is 0.101. The summed E-state index contributed by atoms with van der Waals surface area (Å²) < 4.78 is 1.63. The lowest BCUT2D eigenvalue weighted by molar-refractivity contribution is -0.137. The van der Waals surface area contributed by atoms with Crippen LogP contribution in [-0.2, 0) is 11.2 Å². The van der Waals surface area contributed by atoms with Crippen LogP contribution < -0.4 is 5.56 Å². The zero-order valence-corrected chi connectivity index (χ0v) is 8.51. The van der Waals surface area contributed by atoms with Crippen molar-refractivity contribution in [3.05, 3.63) is 34.6 Å². The number of hydrogen-bond donors (Lipinski definition) is 2. The molecule has 2 aromatic rings. The number of aryl methyl sites for hydroxylation is 1. The lowest BCUT2D eigenvalue weighted by Crippen LogP contribution is -2.13. The molecule has 0 saturated heterocycles. The van der Waals surface area contributed by atoms with Gasteiger partial charge in [-0.25, -0.2) is 4.98 Å². The summed E-state index contributed by atoms with van der Waals surface area (Å²) in [6, 6.07) is 0. The number of fused-ring (bicyclic) bond motifs is 1. The number of H-pyrrole nitrogens is 1. The number of carbonyl (C=O) groups is 1. The van der Waals surface area contributed by atoms with Crippen molar-refractivity contribution in [2.45, 2.75) is 19.3 Å². The van der Waals surface area contributed by atoms with Crippen LogP contribution in [0.15, 0.2) is 23.4 Å². The molecule has 2 aromatic heterocycles. The summed E-state index contributed by atoms with van der Waals surface area (Å²) in [5.74, 6) is -0.828. The number of nitrogens with zero attached hydrogens (tertiary/aromatic N) is 2. The van der Waals surface area contributed by atoms with Gasteiger partial charge >= 0.3 is 5.97 Å². The standard InChI is InChI=1S/C10H11N3O3/c14-8(15)3-1-2-7-6-13-5-4-11-9(13)10(16)12-7/h4-6H,1-3H2,(H,12,16)(H,14,15). The van der Waals surface area contributed by atoms with E-state index in [1.54, 1.807) is 23.0 Å². The van der Waals surface area contributed by atoms with E-state index in [0.717, 1.165) is 5.69 Å². The lowest BCUT2D eigenvalue weighted by atomic mass is 10.2. The van der Waals surface area contributed by atoms with Crippen LogP contribution in [0.2, 0.25) is 0 Å². The summed E-state index contributed by atoms with van der Waals surface area (Å²) in [6.45, 7) is 0. The molecule has 0 unspecified atom stereocenters. The average molecular weight is 221 g/mol. The molecular formula is C10H11N3O3. The molecule has 0 fully saturated rings. The molecule has 0 radical (unpaired) electrons. The molecule has 0 aliphatic rings. The number of aromatic nitrogens is 3. The number of hydrogen-bond acceptors (Lipinski definition) is 3. The highest BCUT2D eigenvalue weighted by Gasteiger charge is 2.03. The van der Waals surface area contributed by atoms with Crippen LogP contribution in [0.5, 0.6) is 0 Å². The van der Waals surface area contributed by atoms with E-state index >= 15 is 0 Å². The van der Waals surface area contributed by atoms with Crippen LogP contribution in [0.1, 0.15) is 18.5 Å². The third-order valence-electron chi connectivity index (χ3n) is 2.28. The molecule has 0 spiro atoms. The van der Waals surface area contributed by atoms with E-state index in [9.17, 15) is 9.59 Å². The summed E-state index contributed by atoms with van der Waals surface area (Å²) in [4.78, 5) is 28.4. The Balaban J connectivity index is 2.18. The van der Waals surface area contributed by atoms with Gasteiger partial charge in [-0.15, -0.1) is 0 Å². The second kappa shape index (κ2) is 4.18. The van der Waals surface area contributed by atoms with Crippen molar-refractivity contribution in [3.8, 4) is 0 Å². The quantitative estimate of drug-likeness (QED) is 0.783. The molecule has 0 amide bonds. The lowest BCUT2D eigenvalue weighted by Gasteiger charge is -2.00. The second-order valence-electron chi connectivity index (χ2n) is 3.51. The molecule has 0 aliphatic carbocycles. The number of imidazole rings is 1. The normalized spacial score (nSPS) is 10.8. The van der Waals surface area contributed by atoms with Gasteiger partial charge in [-0.2, -0.15) is 0 Å². The summed E-state index contributed by atoms with van der Waals surface area (Å²) in [6.07, 6.45) is 6.13. The Hall–Kier alpha value is -2.11. The van der Waals surface area contributed by atoms with E-state index in [2.05, 4.69) is 9.97 Å². The summed E-state index contributed by atoms with van der Waals surface area (Å²) in [5.41, 5.74) is 0.816. The van der Waals surface area contributed by atoms with Gasteiger partial charge in [-0.3, -0.25) is 9.59 Å². The van der Waals surface area contributed by atoms with Gasteiger partial charge in [0, 0.05) is 30.7 Å². The number of nitrogens with one attached hydrogen (secondary N) is 1. The van der Waals surface area contributed by atoms with Crippen molar-refractivity contribution in [2.75, 3.05) is 0 Å². The maximum absolute atomic E-state index is 11.5. The van der Waals surface area contributed by atoms with Crippen LogP contribution in [0.4, 0.5) is 0 Å². The maximum atomic E-state index is 11.5. The molecule has 0 atom stereocenters. The fraction of sp³-hybridized carbons (Fsp3) is 0.300. The van der Waals surface area contributed by atoms with Gasteiger partial charge in [0.05, 0.1) is 0 Å². The summed E-state index contributed by atoms with van der Waals surface area (Å²) in [7, 11) is 0. The number of rotatable bonds is 4. The minimum atomic E-state index is -0.828. The first-order chi connectivity index (χ1) is 7.66. The van der Waals surface area contributed by atoms with Crippen molar-refractivity contribution >= 4 is 11.6 Å². The molecule has 0 aliphatic heterocycles. The van der Waals surface area contributed by atoms with E-state index in [-0.39, 0.29) is 12.0 Å². The van der Waals surface area contributed by atoms with Gasteiger partial charge in [0.1, 0.15) is 0 Å².